The molecule has 0 saturated carbocycles. The first-order valence-corrected chi connectivity index (χ1v) is 14.4. The lowest BCUT2D eigenvalue weighted by molar-refractivity contribution is -0.150. The number of likely N-dealkylation sites (N-methyl/N-ethyl adjacent to an activating group) is 1. The molecule has 11 nitrogen and oxygen atoms in total. The second-order valence-corrected chi connectivity index (χ2v) is 10.8. The maximum absolute atomic E-state index is 12.7. The number of pyridine rings is 2. The van der Waals surface area contributed by atoms with E-state index in [4.69, 9.17) is 24.9 Å². The lowest BCUT2D eigenvalue weighted by Crippen LogP contribution is -2.38. The monoisotopic (exact) mass is 600 g/mol. The molecule has 0 aliphatic carbocycles. The fraction of sp³-hybridized carbons (Fsp3) is 0.333. The van der Waals surface area contributed by atoms with E-state index < -0.39 is 12.0 Å². The Bertz CT molecular complexity index is 1650. The largest absolute Gasteiger partial charge is 0.497 e. The number of fused-ring (bicyclic) bond motifs is 1. The minimum atomic E-state index is -0.712. The summed E-state index contributed by atoms with van der Waals surface area (Å²) in [5.74, 6) is 0.333. The Morgan fingerprint density at radius 1 is 1.07 bits per heavy atom. The molecule has 0 saturated heterocycles. The molecule has 1 aromatic carbocycles. The van der Waals surface area contributed by atoms with Crippen molar-refractivity contribution in [2.75, 3.05) is 40.2 Å². The zero-order valence-electron chi connectivity index (χ0n) is 26.0. The second kappa shape index (κ2) is 14.6. The van der Waals surface area contributed by atoms with E-state index in [0.29, 0.717) is 29.5 Å². The van der Waals surface area contributed by atoms with Gasteiger partial charge in [-0.05, 0) is 55.4 Å². The van der Waals surface area contributed by atoms with Crippen LogP contribution in [0.3, 0.4) is 0 Å². The van der Waals surface area contributed by atoms with Crippen LogP contribution in [0.5, 0.6) is 11.6 Å². The molecule has 0 spiro atoms. The Morgan fingerprint density at radius 3 is 2.57 bits per heavy atom. The van der Waals surface area contributed by atoms with Crippen LogP contribution in [0.2, 0.25) is 0 Å². The van der Waals surface area contributed by atoms with E-state index in [2.05, 4.69) is 10.3 Å². The Morgan fingerprint density at radius 2 is 1.86 bits per heavy atom. The Labute approximate surface area is 257 Å². The van der Waals surface area contributed by atoms with Crippen molar-refractivity contribution in [3.63, 3.8) is 0 Å². The van der Waals surface area contributed by atoms with E-state index in [1.807, 2.05) is 69.4 Å². The summed E-state index contributed by atoms with van der Waals surface area (Å²) in [5, 5.41) is 3.73. The molecule has 0 radical (unpaired) electrons. The van der Waals surface area contributed by atoms with Crippen molar-refractivity contribution in [1.29, 1.82) is 0 Å². The van der Waals surface area contributed by atoms with E-state index in [0.717, 1.165) is 34.1 Å². The number of carbonyl (C=O) groups excluding carboxylic acids is 2. The number of nitrogens with one attached hydrogen (secondary N) is 1. The van der Waals surface area contributed by atoms with Crippen LogP contribution in [0.15, 0.2) is 67.1 Å². The van der Waals surface area contributed by atoms with Gasteiger partial charge < -0.3 is 30.2 Å². The van der Waals surface area contributed by atoms with Crippen molar-refractivity contribution in [2.24, 2.45) is 11.7 Å². The average molecular weight is 601 g/mol. The number of rotatable bonds is 13. The maximum Gasteiger partial charge on any atom is 0.324 e. The molecule has 3 heterocycles. The third kappa shape index (κ3) is 7.80. The third-order valence-electron chi connectivity index (χ3n) is 7.33. The Balaban J connectivity index is 1.74. The van der Waals surface area contributed by atoms with Crippen molar-refractivity contribution in [2.45, 2.75) is 33.0 Å². The number of hydrogen-bond donors (Lipinski definition) is 2. The smallest absolute Gasteiger partial charge is 0.324 e. The van der Waals surface area contributed by atoms with Crippen LogP contribution in [0.1, 0.15) is 20.3 Å². The van der Waals surface area contributed by atoms with E-state index in [1.54, 1.807) is 43.3 Å². The normalized spacial score (nSPS) is 12.8. The summed E-state index contributed by atoms with van der Waals surface area (Å²) >= 11 is 0. The predicted octanol–water partition coefficient (Wildman–Crippen LogP) is 4.71. The summed E-state index contributed by atoms with van der Waals surface area (Å²) in [6, 6.07) is 10.5. The van der Waals surface area contributed by atoms with Gasteiger partial charge in [0, 0.05) is 65.5 Å². The maximum atomic E-state index is 12.7. The van der Waals surface area contributed by atoms with Gasteiger partial charge in [-0.1, -0.05) is 26.3 Å². The van der Waals surface area contributed by atoms with Gasteiger partial charge in [0.1, 0.15) is 17.4 Å². The molecule has 4 aromatic rings. The number of ether oxygens (including phenoxy) is 3. The van der Waals surface area contributed by atoms with Crippen LogP contribution in [-0.2, 0) is 21.1 Å². The third-order valence-corrected chi connectivity index (χ3v) is 7.33. The van der Waals surface area contributed by atoms with Crippen LogP contribution in [0.25, 0.3) is 33.3 Å². The molecule has 0 aliphatic rings. The van der Waals surface area contributed by atoms with Crippen LogP contribution in [-0.4, -0.2) is 72.2 Å². The topological polar surface area (TPSA) is 134 Å². The van der Waals surface area contributed by atoms with Gasteiger partial charge in [0.2, 0.25) is 11.8 Å². The summed E-state index contributed by atoms with van der Waals surface area (Å²) in [6.07, 6.45) is 9.36. The van der Waals surface area contributed by atoms with Gasteiger partial charge in [-0.3, -0.25) is 14.2 Å². The summed E-state index contributed by atoms with van der Waals surface area (Å²) in [5.41, 5.74) is 10.6. The SMILES string of the molecule is CC[C@H](C)[C@H](N)C(=O)OCn1cc(-c2ccnc(OC)c2)c2cc(-c3cc(NC(=O)/C=C/CN(C)C)cc(OC)c3)cnc21. The van der Waals surface area contributed by atoms with Gasteiger partial charge in [0.25, 0.3) is 0 Å². The molecule has 11 heteroatoms. The van der Waals surface area contributed by atoms with Gasteiger partial charge in [0.15, 0.2) is 6.73 Å². The highest BCUT2D eigenvalue weighted by molar-refractivity contribution is 6.00. The van der Waals surface area contributed by atoms with Crippen molar-refractivity contribution >= 4 is 28.6 Å². The molecule has 4 rings (SSSR count). The standard InChI is InChI=1S/C33H40N6O5/c1-7-21(2)31(34)33(41)44-20-39-19-28(22-10-11-35-30(16-22)43-6)27-15-24(18-36-32(27)39)23-13-25(17-26(14-23)42-5)37-29(40)9-8-12-38(3)4/h8-11,13-19,21,31H,7,12,20,34H2,1-6H3,(H,37,40)/b9-8+/t21-,31-/m0/s1. The zero-order valence-corrected chi connectivity index (χ0v) is 26.0. The average Bonchev–Trinajstić information content (AvgIpc) is 3.40. The quantitative estimate of drug-likeness (QED) is 0.165. The molecular weight excluding hydrogens is 560 g/mol. The fourth-order valence-electron chi connectivity index (χ4n) is 4.57. The molecule has 3 N–H and O–H groups in total. The number of amides is 1. The molecule has 0 bridgehead atoms. The molecular formula is C33H40N6O5. The highest BCUT2D eigenvalue weighted by Gasteiger charge is 2.22. The highest BCUT2D eigenvalue weighted by Crippen LogP contribution is 2.35. The molecule has 0 fully saturated rings. The van der Waals surface area contributed by atoms with Crippen LogP contribution in [0.4, 0.5) is 5.69 Å². The first-order valence-electron chi connectivity index (χ1n) is 14.4. The Kier molecular flexibility index (Phi) is 10.7. The molecule has 1 amide bonds. The predicted molar refractivity (Wildman–Crippen MR) is 171 cm³/mol. The van der Waals surface area contributed by atoms with Gasteiger partial charge in [0.05, 0.1) is 14.2 Å². The van der Waals surface area contributed by atoms with Crippen LogP contribution < -0.4 is 20.5 Å². The van der Waals surface area contributed by atoms with E-state index in [9.17, 15) is 9.59 Å². The van der Waals surface area contributed by atoms with Crippen molar-refractivity contribution in [3.8, 4) is 33.9 Å². The van der Waals surface area contributed by atoms with Gasteiger partial charge in [-0.2, -0.15) is 0 Å². The van der Waals surface area contributed by atoms with Gasteiger partial charge >= 0.3 is 5.97 Å². The van der Waals surface area contributed by atoms with Crippen molar-refractivity contribution in [1.82, 2.24) is 19.4 Å². The van der Waals surface area contributed by atoms with E-state index in [1.165, 1.54) is 6.08 Å². The lowest BCUT2D eigenvalue weighted by Gasteiger charge is -2.17. The number of methoxy groups -OCH3 is 2. The van der Waals surface area contributed by atoms with E-state index >= 15 is 0 Å². The fourth-order valence-corrected chi connectivity index (χ4v) is 4.57. The zero-order chi connectivity index (χ0) is 31.8. The number of aromatic nitrogens is 3. The van der Waals surface area contributed by atoms with Gasteiger partial charge in [-0.15, -0.1) is 0 Å². The number of esters is 1. The molecule has 0 unspecified atom stereocenters. The highest BCUT2D eigenvalue weighted by atomic mass is 16.5. The molecule has 2 atom stereocenters. The molecule has 44 heavy (non-hydrogen) atoms. The molecule has 232 valence electrons. The van der Waals surface area contributed by atoms with E-state index in [-0.39, 0.29) is 18.6 Å². The number of nitrogens with zero attached hydrogens (tertiary/aromatic N) is 4. The lowest BCUT2D eigenvalue weighted by atomic mass is 10.0. The van der Waals surface area contributed by atoms with Crippen LogP contribution in [0, 0.1) is 5.92 Å². The molecule has 3 aromatic heterocycles. The Hall–Kier alpha value is -4.74. The minimum absolute atomic E-state index is 0.00367. The second-order valence-electron chi connectivity index (χ2n) is 10.8. The van der Waals surface area contributed by atoms with Crippen LogP contribution >= 0.6 is 0 Å². The first kappa shape index (κ1) is 32.2. The number of nitrogens with two attached hydrogens (primary N) is 1. The van der Waals surface area contributed by atoms with Crippen molar-refractivity contribution < 1.29 is 23.8 Å². The summed E-state index contributed by atoms with van der Waals surface area (Å²) in [7, 11) is 7.00. The number of anilines is 1. The summed E-state index contributed by atoms with van der Waals surface area (Å²) in [6.45, 7) is 4.51. The summed E-state index contributed by atoms with van der Waals surface area (Å²) in [4.78, 5) is 36.2. The number of benzene rings is 1. The molecule has 0 aliphatic heterocycles. The number of carbonyl (C=O) groups is 2. The minimum Gasteiger partial charge on any atom is -0.497 e. The summed E-state index contributed by atoms with van der Waals surface area (Å²) < 4.78 is 18.3. The number of hydrogen-bond acceptors (Lipinski definition) is 9. The van der Waals surface area contributed by atoms with Gasteiger partial charge in [-0.25, -0.2) is 9.97 Å². The first-order chi connectivity index (χ1) is 21.1. The van der Waals surface area contributed by atoms with Crippen molar-refractivity contribution in [3.05, 3.63) is 67.1 Å².